The zero-order valence-electron chi connectivity index (χ0n) is 16.2. The van der Waals surface area contributed by atoms with Crippen molar-refractivity contribution in [1.29, 1.82) is 0 Å². The lowest BCUT2D eigenvalue weighted by molar-refractivity contribution is 0.353. The number of hydrogen-bond donors (Lipinski definition) is 1. The van der Waals surface area contributed by atoms with Gasteiger partial charge in [0.15, 0.2) is 17.1 Å². The quantitative estimate of drug-likeness (QED) is 0.346. The van der Waals surface area contributed by atoms with E-state index in [0.29, 0.717) is 17.4 Å². The number of anilines is 1. The van der Waals surface area contributed by atoms with Gasteiger partial charge in [-0.15, -0.1) is 10.2 Å². The van der Waals surface area contributed by atoms with E-state index in [0.717, 1.165) is 38.6 Å². The average Bonchev–Trinajstić information content (AvgIpc) is 3.06. The minimum atomic E-state index is 0.325. The molecule has 2 aromatic heterocycles. The van der Waals surface area contributed by atoms with Gasteiger partial charge in [-0.05, 0) is 46.6 Å². The Kier molecular flexibility index (Phi) is 5.30. The van der Waals surface area contributed by atoms with E-state index < -0.39 is 0 Å². The highest BCUT2D eigenvalue weighted by molar-refractivity contribution is 9.10. The fourth-order valence-electron chi connectivity index (χ4n) is 3.25. The van der Waals surface area contributed by atoms with Crippen molar-refractivity contribution < 1.29 is 9.47 Å². The number of ether oxygens (including phenoxy) is 2. The standard InChI is InChI=1S/C20H19BrN6O2/c1-4-27-15-8-6-5-7-13(15)17-19(27)23-20(26-24-17)25-22-11-12-9-14(21)18(29-3)16(10-12)28-2/h5-11H,4H2,1-3H3,(H,23,25,26)/b22-11+. The summed E-state index contributed by atoms with van der Waals surface area (Å²) in [5.74, 6) is 1.56. The molecule has 148 valence electrons. The molecule has 0 fully saturated rings. The molecule has 0 aliphatic carbocycles. The summed E-state index contributed by atoms with van der Waals surface area (Å²) >= 11 is 3.47. The minimum Gasteiger partial charge on any atom is -0.493 e. The predicted molar refractivity (Wildman–Crippen MR) is 117 cm³/mol. The van der Waals surface area contributed by atoms with Crippen LogP contribution < -0.4 is 14.9 Å². The maximum absolute atomic E-state index is 5.35. The molecule has 9 heteroatoms. The van der Waals surface area contributed by atoms with Gasteiger partial charge in [-0.2, -0.15) is 10.1 Å². The van der Waals surface area contributed by atoms with Crippen LogP contribution in [-0.4, -0.2) is 40.2 Å². The second-order valence-electron chi connectivity index (χ2n) is 6.18. The molecule has 8 nitrogen and oxygen atoms in total. The molecule has 2 aromatic carbocycles. The Balaban J connectivity index is 1.63. The number of benzene rings is 2. The zero-order chi connectivity index (χ0) is 20.4. The van der Waals surface area contributed by atoms with Crippen molar-refractivity contribution in [2.24, 2.45) is 5.10 Å². The second-order valence-corrected chi connectivity index (χ2v) is 7.03. The Morgan fingerprint density at radius 2 is 2.00 bits per heavy atom. The molecule has 2 heterocycles. The Labute approximate surface area is 175 Å². The van der Waals surface area contributed by atoms with Crippen molar-refractivity contribution in [3.63, 3.8) is 0 Å². The predicted octanol–water partition coefficient (Wildman–Crippen LogP) is 4.23. The highest BCUT2D eigenvalue weighted by atomic mass is 79.9. The summed E-state index contributed by atoms with van der Waals surface area (Å²) in [5, 5.41) is 13.8. The Hall–Kier alpha value is -3.20. The number of hydrogen-bond acceptors (Lipinski definition) is 7. The van der Waals surface area contributed by atoms with Crippen LogP contribution in [-0.2, 0) is 6.54 Å². The topological polar surface area (TPSA) is 86.5 Å². The van der Waals surface area contributed by atoms with Crippen LogP contribution in [0.3, 0.4) is 0 Å². The number of hydrazone groups is 1. The fourth-order valence-corrected chi connectivity index (χ4v) is 3.87. The van der Waals surface area contributed by atoms with E-state index in [2.05, 4.69) is 59.2 Å². The normalized spacial score (nSPS) is 11.4. The summed E-state index contributed by atoms with van der Waals surface area (Å²) in [6, 6.07) is 11.8. The van der Waals surface area contributed by atoms with Gasteiger partial charge in [0.1, 0.15) is 5.52 Å². The number of fused-ring (bicyclic) bond motifs is 3. The molecule has 0 spiro atoms. The lowest BCUT2D eigenvalue weighted by atomic mass is 10.2. The summed E-state index contributed by atoms with van der Waals surface area (Å²) in [4.78, 5) is 4.60. The van der Waals surface area contributed by atoms with Gasteiger partial charge in [-0.1, -0.05) is 18.2 Å². The van der Waals surface area contributed by atoms with Crippen LogP contribution in [0.5, 0.6) is 11.5 Å². The van der Waals surface area contributed by atoms with Gasteiger partial charge in [-0.3, -0.25) is 0 Å². The van der Waals surface area contributed by atoms with E-state index in [-0.39, 0.29) is 0 Å². The summed E-state index contributed by atoms with van der Waals surface area (Å²) < 4.78 is 13.6. The van der Waals surface area contributed by atoms with E-state index in [4.69, 9.17) is 9.47 Å². The molecule has 1 N–H and O–H groups in total. The van der Waals surface area contributed by atoms with E-state index in [1.54, 1.807) is 20.4 Å². The van der Waals surface area contributed by atoms with E-state index in [1.165, 1.54) is 0 Å². The number of halogens is 1. The second kappa shape index (κ2) is 8.04. The van der Waals surface area contributed by atoms with Crippen LogP contribution in [0.2, 0.25) is 0 Å². The van der Waals surface area contributed by atoms with Gasteiger partial charge in [0, 0.05) is 11.9 Å². The van der Waals surface area contributed by atoms with Crippen molar-refractivity contribution in [2.45, 2.75) is 13.5 Å². The highest BCUT2D eigenvalue weighted by Gasteiger charge is 2.13. The van der Waals surface area contributed by atoms with E-state index in [1.807, 2.05) is 30.3 Å². The molecule has 29 heavy (non-hydrogen) atoms. The summed E-state index contributed by atoms with van der Waals surface area (Å²) in [5.41, 5.74) is 6.31. The van der Waals surface area contributed by atoms with Crippen LogP contribution in [0.4, 0.5) is 5.95 Å². The van der Waals surface area contributed by atoms with Crippen molar-refractivity contribution in [1.82, 2.24) is 19.7 Å². The summed E-state index contributed by atoms with van der Waals surface area (Å²) in [6.07, 6.45) is 1.65. The largest absolute Gasteiger partial charge is 0.493 e. The Bertz CT molecular complexity index is 1220. The van der Waals surface area contributed by atoms with Crippen LogP contribution >= 0.6 is 15.9 Å². The molecule has 0 saturated carbocycles. The van der Waals surface area contributed by atoms with Crippen molar-refractivity contribution in [3.05, 3.63) is 46.4 Å². The maximum Gasteiger partial charge on any atom is 0.265 e. The number of nitrogens with zero attached hydrogens (tertiary/aromatic N) is 5. The van der Waals surface area contributed by atoms with Gasteiger partial charge in [-0.25, -0.2) is 5.43 Å². The first-order valence-corrected chi connectivity index (χ1v) is 9.77. The van der Waals surface area contributed by atoms with Gasteiger partial charge in [0.25, 0.3) is 5.95 Å². The molecule has 0 amide bonds. The number of para-hydroxylation sites is 1. The Morgan fingerprint density at radius 1 is 1.17 bits per heavy atom. The molecule has 0 atom stereocenters. The number of rotatable bonds is 6. The highest BCUT2D eigenvalue weighted by Crippen LogP contribution is 2.35. The smallest absolute Gasteiger partial charge is 0.265 e. The van der Waals surface area contributed by atoms with Crippen LogP contribution in [0, 0.1) is 0 Å². The number of methoxy groups -OCH3 is 2. The third kappa shape index (κ3) is 3.49. The van der Waals surface area contributed by atoms with Crippen LogP contribution in [0.25, 0.3) is 22.1 Å². The lowest BCUT2D eigenvalue weighted by Crippen LogP contribution is -2.02. The van der Waals surface area contributed by atoms with Gasteiger partial charge in [0.05, 0.1) is 30.4 Å². The van der Waals surface area contributed by atoms with Gasteiger partial charge >= 0.3 is 0 Å². The first-order chi connectivity index (χ1) is 14.2. The first kappa shape index (κ1) is 19.1. The maximum atomic E-state index is 5.35. The number of nitrogens with one attached hydrogen (secondary N) is 1. The summed E-state index contributed by atoms with van der Waals surface area (Å²) in [6.45, 7) is 2.86. The molecule has 4 aromatic rings. The molecule has 0 bridgehead atoms. The number of aromatic nitrogens is 4. The fraction of sp³-hybridized carbons (Fsp3) is 0.200. The van der Waals surface area contributed by atoms with E-state index in [9.17, 15) is 0 Å². The monoisotopic (exact) mass is 454 g/mol. The van der Waals surface area contributed by atoms with Crippen molar-refractivity contribution in [2.75, 3.05) is 19.6 Å². The summed E-state index contributed by atoms with van der Waals surface area (Å²) in [7, 11) is 3.18. The molecular formula is C20H19BrN6O2. The SMILES string of the molecule is CCn1c2ccccc2c2nnc(N/N=C/c3cc(Br)c(OC)c(OC)c3)nc21. The number of aryl methyl sites for hydroxylation is 1. The van der Waals surface area contributed by atoms with Crippen molar-refractivity contribution in [3.8, 4) is 11.5 Å². The van der Waals surface area contributed by atoms with Crippen molar-refractivity contribution >= 4 is 50.2 Å². The zero-order valence-corrected chi connectivity index (χ0v) is 17.8. The average molecular weight is 455 g/mol. The van der Waals surface area contributed by atoms with Crippen LogP contribution in [0.1, 0.15) is 12.5 Å². The molecule has 0 saturated heterocycles. The van der Waals surface area contributed by atoms with Gasteiger partial charge < -0.3 is 14.0 Å². The molecule has 0 aliphatic rings. The molecule has 4 rings (SSSR count). The van der Waals surface area contributed by atoms with Crippen LogP contribution in [0.15, 0.2) is 46.0 Å². The van der Waals surface area contributed by atoms with E-state index >= 15 is 0 Å². The van der Waals surface area contributed by atoms with Gasteiger partial charge in [0.2, 0.25) is 0 Å². The third-order valence-electron chi connectivity index (χ3n) is 4.52. The molecular weight excluding hydrogens is 436 g/mol. The molecule has 0 aliphatic heterocycles. The lowest BCUT2D eigenvalue weighted by Gasteiger charge is -2.10. The third-order valence-corrected chi connectivity index (χ3v) is 5.11. The Morgan fingerprint density at radius 3 is 2.76 bits per heavy atom. The first-order valence-electron chi connectivity index (χ1n) is 8.98. The molecule has 0 radical (unpaired) electrons. The minimum absolute atomic E-state index is 0.325. The molecule has 0 unspecified atom stereocenters.